The lowest BCUT2D eigenvalue weighted by atomic mass is 10.3. The Bertz CT molecular complexity index is 1060. The summed E-state index contributed by atoms with van der Waals surface area (Å²) in [4.78, 5) is 0. The van der Waals surface area contributed by atoms with E-state index in [1.807, 2.05) is 24.3 Å². The van der Waals surface area contributed by atoms with E-state index in [-0.39, 0.29) is 0 Å². The number of benzene rings is 4. The molecule has 1 aliphatic rings. The Labute approximate surface area is 164 Å². The summed E-state index contributed by atoms with van der Waals surface area (Å²) in [6.45, 7) is 0. The van der Waals surface area contributed by atoms with Crippen molar-refractivity contribution in [3.05, 3.63) is 108 Å². The van der Waals surface area contributed by atoms with Crippen LogP contribution in [-0.4, -0.2) is 8.07 Å². The second-order valence-corrected chi connectivity index (χ2v) is 10.9. The van der Waals surface area contributed by atoms with Crippen molar-refractivity contribution in [2.75, 3.05) is 0 Å². The molecular weight excluding hydrogens is 368 g/mol. The van der Waals surface area contributed by atoms with E-state index in [2.05, 4.69) is 78.9 Å². The van der Waals surface area contributed by atoms with E-state index in [9.17, 15) is 0 Å². The van der Waals surface area contributed by atoms with Gasteiger partial charge in [-0.05, 0) is 45.0 Å². The standard InChI is InChI=1S/C24H17ClOSi/c25-18-14-16-20(17-15-18)27(19-8-2-1-3-9-19)23-12-6-4-10-21(23)26-22-11-5-7-13-24(22)27/h1-17H. The van der Waals surface area contributed by atoms with Crippen molar-refractivity contribution in [3.8, 4) is 11.5 Å². The smallest absolute Gasteiger partial charge is 0.188 e. The summed E-state index contributed by atoms with van der Waals surface area (Å²) in [7, 11) is -2.48. The molecular formula is C24H17ClOSi. The average molecular weight is 385 g/mol. The third kappa shape index (κ3) is 2.45. The topological polar surface area (TPSA) is 9.23 Å². The van der Waals surface area contributed by atoms with Gasteiger partial charge in [0.15, 0.2) is 8.07 Å². The summed E-state index contributed by atoms with van der Waals surface area (Å²) in [5.41, 5.74) is 0. The first-order chi connectivity index (χ1) is 13.3. The maximum atomic E-state index is 6.31. The zero-order chi connectivity index (χ0) is 18.3. The van der Waals surface area contributed by atoms with E-state index in [4.69, 9.17) is 16.3 Å². The minimum Gasteiger partial charge on any atom is -0.458 e. The van der Waals surface area contributed by atoms with Gasteiger partial charge in [0.2, 0.25) is 0 Å². The fraction of sp³-hybridized carbons (Fsp3) is 0. The minimum absolute atomic E-state index is 0.754. The second-order valence-electron chi connectivity index (χ2n) is 6.72. The monoisotopic (exact) mass is 384 g/mol. The molecule has 3 heteroatoms. The Hall–Kier alpha value is -2.81. The van der Waals surface area contributed by atoms with Gasteiger partial charge in [-0.2, -0.15) is 0 Å². The van der Waals surface area contributed by atoms with Gasteiger partial charge in [0.25, 0.3) is 0 Å². The van der Waals surface area contributed by atoms with Crippen molar-refractivity contribution >= 4 is 40.4 Å². The number of ether oxygens (including phenoxy) is 1. The second kappa shape index (κ2) is 6.41. The van der Waals surface area contributed by atoms with Crippen LogP contribution in [0, 0.1) is 0 Å². The number of para-hydroxylation sites is 2. The number of hydrogen-bond acceptors (Lipinski definition) is 1. The number of rotatable bonds is 2. The first-order valence-electron chi connectivity index (χ1n) is 8.98. The van der Waals surface area contributed by atoms with Crippen molar-refractivity contribution < 1.29 is 4.74 Å². The fourth-order valence-corrected chi connectivity index (χ4v) is 9.22. The van der Waals surface area contributed by atoms with Crippen LogP contribution in [-0.2, 0) is 0 Å². The van der Waals surface area contributed by atoms with E-state index < -0.39 is 8.07 Å². The minimum atomic E-state index is -2.48. The average Bonchev–Trinajstić information content (AvgIpc) is 2.73. The predicted octanol–water partition coefficient (Wildman–Crippen LogP) is 3.82. The Balaban J connectivity index is 1.95. The largest absolute Gasteiger partial charge is 0.458 e. The molecule has 0 saturated carbocycles. The zero-order valence-electron chi connectivity index (χ0n) is 14.6. The van der Waals surface area contributed by atoms with Crippen LogP contribution in [0.2, 0.25) is 5.02 Å². The summed E-state index contributed by atoms with van der Waals surface area (Å²) in [6.07, 6.45) is 0. The molecule has 0 N–H and O–H groups in total. The molecule has 0 atom stereocenters. The molecule has 1 aliphatic heterocycles. The quantitative estimate of drug-likeness (QED) is 0.420. The third-order valence-corrected chi connectivity index (χ3v) is 10.4. The van der Waals surface area contributed by atoms with Crippen LogP contribution in [0.4, 0.5) is 0 Å². The van der Waals surface area contributed by atoms with Crippen molar-refractivity contribution in [3.63, 3.8) is 0 Å². The highest BCUT2D eigenvalue weighted by Crippen LogP contribution is 2.28. The number of hydrogen-bond donors (Lipinski definition) is 0. The molecule has 0 aromatic heterocycles. The van der Waals surface area contributed by atoms with Crippen LogP contribution in [0.25, 0.3) is 0 Å². The highest BCUT2D eigenvalue weighted by Gasteiger charge is 2.47. The molecule has 0 radical (unpaired) electrons. The van der Waals surface area contributed by atoms with Gasteiger partial charge in [0, 0.05) is 5.02 Å². The van der Waals surface area contributed by atoms with Gasteiger partial charge in [0.1, 0.15) is 11.5 Å². The molecule has 0 unspecified atom stereocenters. The fourth-order valence-electron chi connectivity index (χ4n) is 4.17. The van der Waals surface area contributed by atoms with E-state index >= 15 is 0 Å². The Morgan fingerprint density at radius 1 is 0.519 bits per heavy atom. The molecule has 0 saturated heterocycles. The van der Waals surface area contributed by atoms with Crippen LogP contribution in [0.1, 0.15) is 0 Å². The van der Waals surface area contributed by atoms with Gasteiger partial charge in [-0.25, -0.2) is 0 Å². The predicted molar refractivity (Wildman–Crippen MR) is 115 cm³/mol. The molecule has 130 valence electrons. The van der Waals surface area contributed by atoms with E-state index in [1.165, 1.54) is 20.7 Å². The molecule has 0 bridgehead atoms. The summed E-state index contributed by atoms with van der Waals surface area (Å²) < 4.78 is 6.31. The van der Waals surface area contributed by atoms with E-state index in [1.54, 1.807) is 0 Å². The highest BCUT2D eigenvalue weighted by atomic mass is 35.5. The van der Waals surface area contributed by atoms with Crippen molar-refractivity contribution in [2.24, 2.45) is 0 Å². The summed E-state index contributed by atoms with van der Waals surface area (Å²) in [5, 5.41) is 5.95. The molecule has 27 heavy (non-hydrogen) atoms. The Kier molecular flexibility index (Phi) is 3.89. The molecule has 0 amide bonds. The highest BCUT2D eigenvalue weighted by molar-refractivity contribution is 7.20. The van der Waals surface area contributed by atoms with Crippen LogP contribution in [0.3, 0.4) is 0 Å². The van der Waals surface area contributed by atoms with Gasteiger partial charge in [-0.15, -0.1) is 0 Å². The first-order valence-corrected chi connectivity index (χ1v) is 11.4. The lowest BCUT2D eigenvalue weighted by molar-refractivity contribution is 0.487. The van der Waals surface area contributed by atoms with Gasteiger partial charge >= 0.3 is 0 Å². The first kappa shape index (κ1) is 16.4. The maximum absolute atomic E-state index is 6.31. The van der Waals surface area contributed by atoms with Gasteiger partial charge < -0.3 is 4.74 Å². The summed E-state index contributed by atoms with van der Waals surface area (Å²) >= 11 is 6.23. The molecule has 0 fully saturated rings. The van der Waals surface area contributed by atoms with E-state index in [0.717, 1.165) is 16.5 Å². The van der Waals surface area contributed by atoms with Crippen LogP contribution in [0.15, 0.2) is 103 Å². The molecule has 1 nitrogen and oxygen atoms in total. The zero-order valence-corrected chi connectivity index (χ0v) is 16.4. The number of halogens is 1. The summed E-state index contributed by atoms with van der Waals surface area (Å²) in [6, 6.07) is 36.1. The Morgan fingerprint density at radius 3 is 1.59 bits per heavy atom. The van der Waals surface area contributed by atoms with Crippen molar-refractivity contribution in [1.29, 1.82) is 0 Å². The SMILES string of the molecule is Clc1ccc([Si]2(c3ccccc3)c3ccccc3Oc3ccccc32)cc1. The molecule has 5 rings (SSSR count). The molecule has 4 aromatic carbocycles. The normalized spacial score (nSPS) is 14.0. The lowest BCUT2D eigenvalue weighted by Crippen LogP contribution is -2.76. The van der Waals surface area contributed by atoms with Gasteiger partial charge in [-0.3, -0.25) is 0 Å². The summed E-state index contributed by atoms with van der Waals surface area (Å²) in [5.74, 6) is 1.89. The van der Waals surface area contributed by atoms with Gasteiger partial charge in [0.05, 0.1) is 0 Å². The van der Waals surface area contributed by atoms with E-state index in [0.29, 0.717) is 0 Å². The van der Waals surface area contributed by atoms with Crippen molar-refractivity contribution in [2.45, 2.75) is 0 Å². The lowest BCUT2D eigenvalue weighted by Gasteiger charge is -2.39. The van der Waals surface area contributed by atoms with Crippen LogP contribution < -0.4 is 25.5 Å². The Morgan fingerprint density at radius 2 is 1.00 bits per heavy atom. The van der Waals surface area contributed by atoms with Crippen LogP contribution in [0.5, 0.6) is 11.5 Å². The van der Waals surface area contributed by atoms with Crippen molar-refractivity contribution in [1.82, 2.24) is 0 Å². The molecule has 1 heterocycles. The van der Waals surface area contributed by atoms with Crippen LogP contribution >= 0.6 is 11.6 Å². The third-order valence-electron chi connectivity index (χ3n) is 5.29. The molecule has 4 aromatic rings. The molecule has 0 aliphatic carbocycles. The number of fused-ring (bicyclic) bond motifs is 2. The maximum Gasteiger partial charge on any atom is 0.188 e. The van der Waals surface area contributed by atoms with Gasteiger partial charge in [-0.1, -0.05) is 90.5 Å². The molecule has 0 spiro atoms.